The van der Waals surface area contributed by atoms with Gasteiger partial charge in [0.2, 0.25) is 10.0 Å². The molecule has 9 heteroatoms. The van der Waals surface area contributed by atoms with Crippen LogP contribution in [0.25, 0.3) is 11.0 Å². The molecule has 2 aromatic carbocycles. The molecule has 0 amide bonds. The van der Waals surface area contributed by atoms with Crippen LogP contribution in [0.2, 0.25) is 0 Å². The summed E-state index contributed by atoms with van der Waals surface area (Å²) in [4.78, 5) is 7.27. The Bertz CT molecular complexity index is 1100. The van der Waals surface area contributed by atoms with E-state index in [1.807, 2.05) is 24.3 Å². The van der Waals surface area contributed by atoms with Gasteiger partial charge in [-0.25, -0.2) is 8.42 Å². The fourth-order valence-electron chi connectivity index (χ4n) is 3.41. The molecule has 1 aliphatic rings. The molecule has 0 N–H and O–H groups in total. The van der Waals surface area contributed by atoms with E-state index < -0.39 is 10.0 Å². The number of halogens is 1. The molecule has 0 aliphatic carbocycles. The Balaban J connectivity index is 1.60. The third kappa shape index (κ3) is 3.92. The second-order valence-electron chi connectivity index (χ2n) is 7.13. The lowest BCUT2D eigenvalue weighted by atomic mass is 10.0. The molecule has 1 atom stereocenters. The molecule has 148 valence electrons. The van der Waals surface area contributed by atoms with Gasteiger partial charge in [0.25, 0.3) is 0 Å². The van der Waals surface area contributed by atoms with Crippen molar-refractivity contribution in [1.29, 1.82) is 0 Å². The fraction of sp³-hybridized carbons (Fsp3) is 0.368. The van der Waals surface area contributed by atoms with Crippen LogP contribution in [-0.4, -0.2) is 41.0 Å². The summed E-state index contributed by atoms with van der Waals surface area (Å²) in [7, 11) is -3.55. The second-order valence-corrected chi connectivity index (χ2v) is 9.98. The number of rotatable bonds is 5. The average molecular weight is 465 g/mol. The first kappa shape index (κ1) is 19.4. The van der Waals surface area contributed by atoms with Crippen LogP contribution in [0, 0.1) is 5.92 Å². The highest BCUT2D eigenvalue weighted by atomic mass is 79.9. The van der Waals surface area contributed by atoms with Gasteiger partial charge in [-0.3, -0.25) is 0 Å². The molecule has 0 radical (unpaired) electrons. The predicted molar refractivity (Wildman–Crippen MR) is 109 cm³/mol. The molecule has 1 saturated heterocycles. The predicted octanol–water partition coefficient (Wildman–Crippen LogP) is 3.24. The van der Waals surface area contributed by atoms with Crippen molar-refractivity contribution in [2.75, 3.05) is 13.1 Å². The van der Waals surface area contributed by atoms with Crippen molar-refractivity contribution in [1.82, 2.24) is 19.5 Å². The third-order valence-electron chi connectivity index (χ3n) is 4.89. The zero-order chi connectivity index (χ0) is 19.7. The van der Waals surface area contributed by atoms with Crippen LogP contribution in [-0.2, 0) is 16.6 Å². The highest BCUT2D eigenvalue weighted by molar-refractivity contribution is 9.10. The van der Waals surface area contributed by atoms with E-state index in [0.29, 0.717) is 36.6 Å². The molecule has 1 aliphatic heterocycles. The fourth-order valence-corrected chi connectivity index (χ4v) is 5.48. The largest absolute Gasteiger partial charge is 0.390 e. The van der Waals surface area contributed by atoms with Crippen molar-refractivity contribution >= 4 is 37.0 Å². The molecule has 7 nitrogen and oxygen atoms in total. The molecule has 0 saturated carbocycles. The summed E-state index contributed by atoms with van der Waals surface area (Å²) in [6.07, 6.45) is 1.95. The maximum atomic E-state index is 13.1. The van der Waals surface area contributed by atoms with Gasteiger partial charge in [0.15, 0.2) is 0 Å². The summed E-state index contributed by atoms with van der Waals surface area (Å²) in [6.45, 7) is 3.48. The number of hydrogen-bond donors (Lipinski definition) is 0. The Morgan fingerprint density at radius 2 is 2.11 bits per heavy atom. The van der Waals surface area contributed by atoms with Crippen molar-refractivity contribution in [2.24, 2.45) is 5.92 Å². The van der Waals surface area contributed by atoms with E-state index in [2.05, 4.69) is 33.2 Å². The van der Waals surface area contributed by atoms with Crippen LogP contribution >= 0.6 is 15.9 Å². The van der Waals surface area contributed by atoms with Gasteiger partial charge in [0.05, 0.1) is 4.90 Å². The van der Waals surface area contributed by atoms with Crippen LogP contribution in [0.3, 0.4) is 0 Å². The van der Waals surface area contributed by atoms with Crippen molar-refractivity contribution < 1.29 is 13.3 Å². The molecular weight excluding hydrogens is 444 g/mol. The normalized spacial score (nSPS) is 18.4. The lowest BCUT2D eigenvalue weighted by Crippen LogP contribution is -2.39. The van der Waals surface area contributed by atoms with Gasteiger partial charge >= 0.3 is 0 Å². The maximum absolute atomic E-state index is 13.1. The molecule has 4 rings (SSSR count). The molecule has 28 heavy (non-hydrogen) atoms. The Kier molecular flexibility index (Phi) is 5.39. The number of benzene rings is 2. The number of hydrogen-bond acceptors (Lipinski definition) is 5. The van der Waals surface area contributed by atoms with Gasteiger partial charge in [-0.05, 0) is 59.9 Å². The Labute approximate surface area is 172 Å². The highest BCUT2D eigenvalue weighted by Crippen LogP contribution is 2.25. The lowest BCUT2D eigenvalue weighted by molar-refractivity contribution is 0.0751. The minimum absolute atomic E-state index is 0.240. The van der Waals surface area contributed by atoms with Crippen molar-refractivity contribution in [3.8, 4) is 0 Å². The molecule has 1 fully saturated rings. The summed E-state index contributed by atoms with van der Waals surface area (Å²) in [5, 5.41) is 8.07. The minimum atomic E-state index is -3.55. The second kappa shape index (κ2) is 7.81. The Morgan fingerprint density at radius 3 is 2.89 bits per heavy atom. The summed E-state index contributed by atoms with van der Waals surface area (Å²) in [5.41, 5.74) is 2.07. The molecule has 3 aromatic rings. The van der Waals surface area contributed by atoms with Gasteiger partial charge in [0.1, 0.15) is 17.6 Å². The number of aromatic nitrogens is 3. The zero-order valence-electron chi connectivity index (χ0n) is 15.5. The summed E-state index contributed by atoms with van der Waals surface area (Å²) < 4.78 is 28.6. The smallest absolute Gasteiger partial charge is 0.243 e. The first-order chi connectivity index (χ1) is 13.4. The number of sulfonamides is 1. The molecular formula is C19H21BrN4O3S. The van der Waals surface area contributed by atoms with E-state index in [1.54, 1.807) is 22.5 Å². The van der Waals surface area contributed by atoms with Gasteiger partial charge in [-0.2, -0.15) is 4.31 Å². The van der Waals surface area contributed by atoms with E-state index in [4.69, 9.17) is 4.84 Å². The van der Waals surface area contributed by atoms with Crippen LogP contribution in [0.5, 0.6) is 0 Å². The van der Waals surface area contributed by atoms with Crippen molar-refractivity contribution in [3.05, 3.63) is 52.5 Å². The highest BCUT2D eigenvalue weighted by Gasteiger charge is 2.29. The molecule has 1 unspecified atom stereocenters. The van der Waals surface area contributed by atoms with Crippen molar-refractivity contribution in [2.45, 2.75) is 31.3 Å². The van der Waals surface area contributed by atoms with Gasteiger partial charge < -0.3 is 4.84 Å². The molecule has 0 spiro atoms. The monoisotopic (exact) mass is 464 g/mol. The quantitative estimate of drug-likeness (QED) is 0.578. The van der Waals surface area contributed by atoms with E-state index >= 15 is 0 Å². The van der Waals surface area contributed by atoms with Crippen LogP contribution in [0.15, 0.2) is 51.8 Å². The Hall–Kier alpha value is -1.97. The number of fused-ring (bicyclic) bond motifs is 1. The average Bonchev–Trinajstić information content (AvgIpc) is 3.09. The minimum Gasteiger partial charge on any atom is -0.390 e. The van der Waals surface area contributed by atoms with Crippen molar-refractivity contribution in [3.63, 3.8) is 0 Å². The number of piperidine rings is 1. The van der Waals surface area contributed by atoms with Crippen LogP contribution in [0.4, 0.5) is 0 Å². The van der Waals surface area contributed by atoms with E-state index in [0.717, 1.165) is 22.9 Å². The van der Waals surface area contributed by atoms with Gasteiger partial charge in [0, 0.05) is 17.6 Å². The first-order valence-corrected chi connectivity index (χ1v) is 11.4. The summed E-state index contributed by atoms with van der Waals surface area (Å²) >= 11 is 3.43. The molecule has 0 bridgehead atoms. The van der Waals surface area contributed by atoms with Gasteiger partial charge in [-0.1, -0.05) is 39.8 Å². The molecule has 1 aromatic heterocycles. The van der Waals surface area contributed by atoms with Crippen LogP contribution < -0.4 is 4.84 Å². The van der Waals surface area contributed by atoms with E-state index in [-0.39, 0.29) is 4.90 Å². The summed E-state index contributed by atoms with van der Waals surface area (Å²) in [6, 6.07) is 12.6. The first-order valence-electron chi connectivity index (χ1n) is 9.17. The summed E-state index contributed by atoms with van der Waals surface area (Å²) in [5.74, 6) is 0.369. The maximum Gasteiger partial charge on any atom is 0.243 e. The number of nitrogens with zero attached hydrogens (tertiary/aromatic N) is 4. The Morgan fingerprint density at radius 1 is 1.25 bits per heavy atom. The SMILES string of the molecule is CC1CCCN(S(=O)(=O)c2ccc3nnn(OCc4cccc(Br)c4)c3c2)C1. The topological polar surface area (TPSA) is 77.3 Å². The van der Waals surface area contributed by atoms with Gasteiger partial charge in [-0.15, -0.1) is 5.10 Å². The van der Waals surface area contributed by atoms with E-state index in [1.165, 1.54) is 4.85 Å². The zero-order valence-corrected chi connectivity index (χ0v) is 17.9. The third-order valence-corrected chi connectivity index (χ3v) is 7.24. The van der Waals surface area contributed by atoms with E-state index in [9.17, 15) is 8.42 Å². The standard InChI is InChI=1S/C19H21BrN4O3S/c1-14-4-3-9-23(12-14)28(25,26)17-7-8-18-19(11-17)24(22-21-18)27-13-15-5-2-6-16(20)10-15/h2,5-8,10-11,14H,3-4,9,12-13H2,1H3. The lowest BCUT2D eigenvalue weighted by Gasteiger charge is -2.30. The molecule has 2 heterocycles. The van der Waals surface area contributed by atoms with Crippen LogP contribution in [0.1, 0.15) is 25.3 Å².